The number of benzene rings is 17. The molecule has 0 N–H and O–H groups in total. The summed E-state index contributed by atoms with van der Waals surface area (Å²) >= 11 is 0. The van der Waals surface area contributed by atoms with Gasteiger partial charge in [0.15, 0.2) is 0 Å². The van der Waals surface area contributed by atoms with Gasteiger partial charge in [0.2, 0.25) is 0 Å². The van der Waals surface area contributed by atoms with E-state index in [4.69, 9.17) is 0 Å². The summed E-state index contributed by atoms with van der Waals surface area (Å²) in [6.07, 6.45) is 0. The molecule has 0 saturated heterocycles. The van der Waals surface area contributed by atoms with Crippen molar-refractivity contribution in [3.05, 3.63) is 392 Å². The maximum atomic E-state index is 12.3. The van der Waals surface area contributed by atoms with Crippen molar-refractivity contribution in [2.24, 2.45) is 0 Å². The number of para-hydroxylation sites is 6. The number of hydrogen-bond donors (Lipinski definition) is 0. The first-order valence-corrected chi connectivity index (χ1v) is 41.3. The Labute approximate surface area is 743 Å². The van der Waals surface area contributed by atoms with Gasteiger partial charge in [-0.15, -0.1) is 0 Å². The van der Waals surface area contributed by atoms with E-state index in [-0.39, 0.29) is 77.6 Å². The van der Waals surface area contributed by atoms with Gasteiger partial charge in [-0.05, 0) is 212 Å². The van der Waals surface area contributed by atoms with Crippen molar-refractivity contribution in [1.82, 2.24) is 18.3 Å². The molecule has 2 aliphatic rings. The van der Waals surface area contributed by atoms with Crippen molar-refractivity contribution in [1.29, 1.82) is 0 Å². The van der Waals surface area contributed by atoms with Crippen LogP contribution in [0.4, 0.5) is 34.1 Å². The summed E-state index contributed by atoms with van der Waals surface area (Å²) in [6.45, 7) is 13.2. The predicted molar refractivity (Wildman–Crippen MR) is 520 cm³/mol. The first-order chi connectivity index (χ1) is 68.6. The van der Waals surface area contributed by atoms with Crippen molar-refractivity contribution < 1.29 is 30.2 Å². The van der Waals surface area contributed by atoms with E-state index >= 15 is 0 Å². The number of rotatable bonds is 10. The first-order valence-electron chi connectivity index (χ1n) is 52.3. The van der Waals surface area contributed by atoms with Gasteiger partial charge in [-0.25, -0.2) is 0 Å². The third kappa shape index (κ3) is 11.2. The average molecular weight is 1590 g/mol. The van der Waals surface area contributed by atoms with Crippen molar-refractivity contribution in [2.75, 3.05) is 9.80 Å². The van der Waals surface area contributed by atoms with Crippen LogP contribution in [-0.2, 0) is 16.2 Å². The molecular weight excluding hydrogens is 1480 g/mol. The number of nitrogens with zero attached hydrogens (tertiary/aromatic N) is 6. The lowest BCUT2D eigenvalue weighted by Crippen LogP contribution is -2.62. The first kappa shape index (κ1) is 53.2. The Morgan fingerprint density at radius 3 is 0.975 bits per heavy atom. The van der Waals surface area contributed by atoms with Crippen LogP contribution in [0.1, 0.15) is 115 Å². The Balaban J connectivity index is 0.964. The van der Waals surface area contributed by atoms with Gasteiger partial charge in [0.25, 0.3) is 6.71 Å². The molecule has 0 aliphatic carbocycles. The van der Waals surface area contributed by atoms with E-state index in [0.29, 0.717) is 83.5 Å². The molecule has 0 unspecified atom stereocenters. The van der Waals surface area contributed by atoms with Gasteiger partial charge < -0.3 is 28.1 Å². The highest BCUT2D eigenvalue weighted by molar-refractivity contribution is 7.00. The van der Waals surface area contributed by atoms with Crippen molar-refractivity contribution in [2.45, 2.75) is 85.4 Å². The van der Waals surface area contributed by atoms with E-state index in [1.54, 1.807) is 21.3 Å². The van der Waals surface area contributed by atoms with Gasteiger partial charge in [0.1, 0.15) is 0 Å². The minimum absolute atomic E-state index is 0.124. The van der Waals surface area contributed by atoms with Crippen LogP contribution in [0.25, 0.3) is 154 Å². The van der Waals surface area contributed by atoms with E-state index in [9.17, 15) is 30.2 Å². The van der Waals surface area contributed by atoms with E-state index < -0.39 is 178 Å². The van der Waals surface area contributed by atoms with Crippen molar-refractivity contribution in [3.8, 4) is 67.3 Å². The van der Waals surface area contributed by atoms with Gasteiger partial charge in [-0.1, -0.05) is 304 Å². The molecule has 122 heavy (non-hydrogen) atoms. The fourth-order valence-electron chi connectivity index (χ4n) is 18.8. The molecule has 0 spiro atoms. The smallest absolute Gasteiger partial charge is 0.252 e. The van der Waals surface area contributed by atoms with Crippen LogP contribution in [0, 0.1) is 6.85 Å². The molecule has 6 heterocycles. The van der Waals surface area contributed by atoms with Crippen molar-refractivity contribution >= 4 is 144 Å². The van der Waals surface area contributed by atoms with Crippen LogP contribution in [0.15, 0.2) is 370 Å². The number of anilines is 6. The molecule has 584 valence electrons. The Kier molecular flexibility index (Phi) is 11.9. The molecule has 17 aromatic carbocycles. The highest BCUT2D eigenvalue weighted by Crippen LogP contribution is 2.57. The molecule has 6 nitrogen and oxygen atoms in total. The average Bonchev–Trinajstić information content (AvgIpc) is 0.958. The fraction of sp³-hybridized carbons (Fsp3) is 0.113. The second kappa shape index (κ2) is 27.3. The van der Waals surface area contributed by atoms with Gasteiger partial charge in [-0.2, -0.15) is 0 Å². The maximum Gasteiger partial charge on any atom is 0.252 e. The zero-order valence-corrected chi connectivity index (χ0v) is 68.5. The van der Waals surface area contributed by atoms with E-state index in [1.165, 1.54) is 4.57 Å². The quantitative estimate of drug-likeness (QED) is 0.128. The highest BCUT2D eigenvalue weighted by Gasteiger charge is 2.48. The predicted octanol–water partition coefficient (Wildman–Crippen LogP) is 29.0. The molecular formula is C115H91BN6. The standard InChI is InChI=1S/C115H91BN6/c1-72-61-83(120-102-54-34-28-48-89(102)95-69-81(57-60-104(95)120)118-99-51-31-25-45-86(99)87-46-26-32-52-100(87)118)71-108-109(72)116-96-58-55-82(119-101-53-33-27-47-88(101)94-68-80(56-59-103(94)119)117-97-49-29-23-43-84(97)85-44-24-30-50-98(85)117)70-105(96)121(111-90(73-35-15-11-16-36-73)62-77(113(2,3)4)63-91(111)74-37-17-12-18-38-74)106-66-79(115(8,9)10)67-107(110(106)116)122(108)112-92(75-39-19-13-20-40-75)64-78(114(5,6)7)65-93(112)76-41-21-14-22-42-76/h11-71H,1-10H3/i1D3,27D,28D,33D,34D,47D,48D,53D,54D,55D,56D,57D,58D,59D,60D,61D,68D,69D,70D,71D. The molecule has 0 bridgehead atoms. The summed E-state index contributed by atoms with van der Waals surface area (Å²) in [5.74, 6) is 0. The molecule has 4 aromatic heterocycles. The summed E-state index contributed by atoms with van der Waals surface area (Å²) in [5, 5.41) is 1.75. The van der Waals surface area contributed by atoms with Crippen LogP contribution in [-0.4, -0.2) is 25.0 Å². The molecule has 2 aliphatic heterocycles. The Morgan fingerprint density at radius 1 is 0.262 bits per heavy atom. The molecule has 0 amide bonds. The Hall–Kier alpha value is -14.4. The maximum absolute atomic E-state index is 12.3. The SMILES string of the molecule is [2H]c1c([2H])c(-n2c3c([2H])c([2H])c([2H])c([2H])c3c3c([2H])c(-n4c5ccccc5c5ccccc54)c([2H])c([2H])c32)c([2H])c2c1B1c3c(cc(C(C)(C)C)cc3N(c3c(-c4ccccc4)cc(C(C)(C)C)cc3-c3ccccc3)c3c([2H])c(-n4c5c([2H])c([2H])c([2H])c([2H])c5c5c([2H])c(-n6c7ccccc7c7ccccc76)c([2H])c([2H])c54)c([2H])c(C([2H])([2H])[2H])c31)N2c1c(-c2ccccc2)cc(C(C)(C)C)cc1-c1ccccc1. The molecule has 0 atom stereocenters. The van der Waals surface area contributed by atoms with Crippen LogP contribution in [0.2, 0.25) is 0 Å². The zero-order chi connectivity index (χ0) is 101. The number of hydrogen-bond acceptors (Lipinski definition) is 2. The van der Waals surface area contributed by atoms with E-state index in [0.717, 1.165) is 37.2 Å². The lowest BCUT2D eigenvalue weighted by atomic mass is 9.32. The summed E-state index contributed by atoms with van der Waals surface area (Å²) in [4.78, 5) is 3.74. The van der Waals surface area contributed by atoms with Gasteiger partial charge in [-0.3, -0.25) is 0 Å². The fourth-order valence-corrected chi connectivity index (χ4v) is 18.8. The third-order valence-corrected chi connectivity index (χ3v) is 24.7. The summed E-state index contributed by atoms with van der Waals surface area (Å²) in [6, 6.07) is 67.0. The van der Waals surface area contributed by atoms with Crippen molar-refractivity contribution in [3.63, 3.8) is 0 Å². The van der Waals surface area contributed by atoms with Gasteiger partial charge in [0, 0.05) is 115 Å². The normalized spacial score (nSPS) is 15.6. The molecule has 0 fully saturated rings. The minimum Gasteiger partial charge on any atom is -0.310 e. The lowest BCUT2D eigenvalue weighted by Gasteiger charge is -2.47. The molecule has 0 radical (unpaired) electrons. The second-order valence-electron chi connectivity index (χ2n) is 35.1. The van der Waals surface area contributed by atoms with Crippen LogP contribution < -0.4 is 26.2 Å². The third-order valence-electron chi connectivity index (χ3n) is 24.7. The molecule has 23 rings (SSSR count). The topological polar surface area (TPSA) is 26.2 Å². The summed E-state index contributed by atoms with van der Waals surface area (Å²) in [5.41, 5.74) is 3.20. The van der Waals surface area contributed by atoms with E-state index in [2.05, 4.69) is 65.8 Å². The monoisotopic (exact) mass is 1590 g/mol. The zero-order valence-electron chi connectivity index (χ0n) is 90.5. The van der Waals surface area contributed by atoms with Gasteiger partial charge in [0.05, 0.1) is 81.6 Å². The lowest BCUT2D eigenvalue weighted by molar-refractivity contribution is 0.590. The molecule has 21 aromatic rings. The number of aromatic nitrogens is 4. The Bertz CT molecular complexity index is 9000. The molecule has 7 heteroatoms. The highest BCUT2D eigenvalue weighted by atomic mass is 15.2. The second-order valence-corrected chi connectivity index (χ2v) is 35.1. The van der Waals surface area contributed by atoms with Crippen LogP contribution in [0.5, 0.6) is 0 Å². The van der Waals surface area contributed by atoms with Gasteiger partial charge >= 0.3 is 0 Å². The largest absolute Gasteiger partial charge is 0.310 e. The van der Waals surface area contributed by atoms with E-state index in [1.807, 2.05) is 249 Å². The number of fused-ring (bicyclic) bond motifs is 16. The van der Waals surface area contributed by atoms with Crippen LogP contribution in [0.3, 0.4) is 0 Å². The molecule has 0 saturated carbocycles. The summed E-state index contributed by atoms with van der Waals surface area (Å²) < 4.78 is 241. The van der Waals surface area contributed by atoms with Crippen LogP contribution >= 0.6 is 0 Å². The summed E-state index contributed by atoms with van der Waals surface area (Å²) in [7, 11) is 0. The Morgan fingerprint density at radius 2 is 0.582 bits per heavy atom. The minimum atomic E-state index is -3.61.